The standard InChI is InChI=1S/C16H15N3OS/c17-8-12-13(18)15(14(20)11-6-7-11)21-16(12)19-9-10-4-2-1-3-5-10/h1-5,11,19H,6-7,9,18H2. The molecule has 0 radical (unpaired) electrons. The molecule has 0 saturated heterocycles. The fourth-order valence-electron chi connectivity index (χ4n) is 2.17. The monoisotopic (exact) mass is 297 g/mol. The lowest BCUT2D eigenvalue weighted by molar-refractivity contribution is 0.0972. The third kappa shape index (κ3) is 2.76. The normalized spacial score (nSPS) is 13.7. The van der Waals surface area contributed by atoms with Gasteiger partial charge in [-0.1, -0.05) is 30.3 Å². The van der Waals surface area contributed by atoms with Crippen molar-refractivity contribution < 1.29 is 4.79 Å². The Labute approximate surface area is 127 Å². The Kier molecular flexibility index (Phi) is 3.63. The van der Waals surface area contributed by atoms with Crippen molar-refractivity contribution in [3.05, 3.63) is 46.3 Å². The first-order valence-corrected chi connectivity index (χ1v) is 7.66. The first kappa shape index (κ1) is 13.7. The van der Waals surface area contributed by atoms with Gasteiger partial charge in [0.05, 0.1) is 10.6 Å². The van der Waals surface area contributed by atoms with Crippen LogP contribution in [0.3, 0.4) is 0 Å². The SMILES string of the molecule is N#Cc1c(NCc2ccccc2)sc(C(=O)C2CC2)c1N. The minimum absolute atomic E-state index is 0.0850. The fourth-order valence-corrected chi connectivity index (χ4v) is 3.26. The molecule has 1 fully saturated rings. The number of rotatable bonds is 5. The van der Waals surface area contributed by atoms with Gasteiger partial charge in [0.15, 0.2) is 5.78 Å². The van der Waals surface area contributed by atoms with E-state index in [4.69, 9.17) is 5.73 Å². The Morgan fingerprint density at radius 1 is 1.38 bits per heavy atom. The molecule has 0 aliphatic heterocycles. The van der Waals surface area contributed by atoms with Gasteiger partial charge in [0, 0.05) is 12.5 Å². The van der Waals surface area contributed by atoms with E-state index in [2.05, 4.69) is 11.4 Å². The molecule has 1 aromatic carbocycles. The maximum absolute atomic E-state index is 12.2. The van der Waals surface area contributed by atoms with Gasteiger partial charge in [-0.3, -0.25) is 4.79 Å². The average molecular weight is 297 g/mol. The number of hydrogen-bond donors (Lipinski definition) is 2. The minimum atomic E-state index is 0.0850. The van der Waals surface area contributed by atoms with Crippen molar-refractivity contribution in [3.8, 4) is 6.07 Å². The molecule has 0 atom stereocenters. The van der Waals surface area contributed by atoms with Crippen LogP contribution in [0.1, 0.15) is 33.6 Å². The highest BCUT2D eigenvalue weighted by Gasteiger charge is 2.34. The summed E-state index contributed by atoms with van der Waals surface area (Å²) in [6.07, 6.45) is 1.87. The number of nitrogens with zero attached hydrogens (tertiary/aromatic N) is 1. The first-order chi connectivity index (χ1) is 10.2. The lowest BCUT2D eigenvalue weighted by atomic mass is 10.1. The van der Waals surface area contributed by atoms with Gasteiger partial charge in [0.1, 0.15) is 16.6 Å². The highest BCUT2D eigenvalue weighted by Crippen LogP contribution is 2.41. The fraction of sp³-hybridized carbons (Fsp3) is 0.250. The van der Waals surface area contributed by atoms with Crippen LogP contribution in [0.5, 0.6) is 0 Å². The van der Waals surface area contributed by atoms with Gasteiger partial charge in [0.25, 0.3) is 0 Å². The molecule has 3 rings (SSSR count). The maximum Gasteiger partial charge on any atom is 0.178 e. The first-order valence-electron chi connectivity index (χ1n) is 6.85. The van der Waals surface area contributed by atoms with Gasteiger partial charge in [0.2, 0.25) is 0 Å². The van der Waals surface area contributed by atoms with Gasteiger partial charge >= 0.3 is 0 Å². The zero-order valence-electron chi connectivity index (χ0n) is 11.4. The average Bonchev–Trinajstić information content (AvgIpc) is 3.30. The molecule has 0 unspecified atom stereocenters. The zero-order chi connectivity index (χ0) is 14.8. The van der Waals surface area contributed by atoms with E-state index in [1.165, 1.54) is 11.3 Å². The Hall–Kier alpha value is -2.32. The van der Waals surface area contributed by atoms with Crippen LogP contribution in [0, 0.1) is 17.2 Å². The molecule has 1 aliphatic rings. The Bertz CT molecular complexity index is 711. The largest absolute Gasteiger partial charge is 0.396 e. The number of nitriles is 1. The van der Waals surface area contributed by atoms with E-state index in [-0.39, 0.29) is 11.7 Å². The predicted octanol–water partition coefficient (Wildman–Crippen LogP) is 3.41. The molecule has 3 N–H and O–H groups in total. The summed E-state index contributed by atoms with van der Waals surface area (Å²) in [6, 6.07) is 12.0. The summed E-state index contributed by atoms with van der Waals surface area (Å²) < 4.78 is 0. The second-order valence-corrected chi connectivity index (χ2v) is 6.16. The van der Waals surface area contributed by atoms with Crippen LogP contribution in [0.4, 0.5) is 10.7 Å². The summed E-state index contributed by atoms with van der Waals surface area (Å²) in [7, 11) is 0. The molecule has 0 amide bonds. The molecule has 1 aliphatic carbocycles. The van der Waals surface area contributed by atoms with Crippen molar-refractivity contribution in [3.63, 3.8) is 0 Å². The summed E-state index contributed by atoms with van der Waals surface area (Å²) in [4.78, 5) is 12.7. The van der Waals surface area contributed by atoms with Crippen LogP contribution in [-0.4, -0.2) is 5.78 Å². The molecule has 1 heterocycles. The molecule has 1 aromatic heterocycles. The molecule has 2 aromatic rings. The van der Waals surface area contributed by atoms with Crippen LogP contribution in [0.25, 0.3) is 0 Å². The van der Waals surface area contributed by atoms with Gasteiger partial charge < -0.3 is 11.1 Å². The Morgan fingerprint density at radius 2 is 2.10 bits per heavy atom. The highest BCUT2D eigenvalue weighted by molar-refractivity contribution is 7.19. The lowest BCUT2D eigenvalue weighted by Gasteiger charge is -2.04. The summed E-state index contributed by atoms with van der Waals surface area (Å²) in [5.41, 5.74) is 7.81. The van der Waals surface area contributed by atoms with E-state index in [1.807, 2.05) is 30.3 Å². The number of nitrogens with one attached hydrogen (secondary N) is 1. The van der Waals surface area contributed by atoms with E-state index >= 15 is 0 Å². The van der Waals surface area contributed by atoms with E-state index in [9.17, 15) is 10.1 Å². The third-order valence-electron chi connectivity index (χ3n) is 3.52. The molecular formula is C16H15N3OS. The molecule has 5 heteroatoms. The minimum Gasteiger partial charge on any atom is -0.396 e. The van der Waals surface area contributed by atoms with Gasteiger partial charge in [-0.05, 0) is 18.4 Å². The molecule has 106 valence electrons. The Balaban J connectivity index is 1.83. The maximum atomic E-state index is 12.2. The predicted molar refractivity (Wildman–Crippen MR) is 84.3 cm³/mol. The number of nitrogen functional groups attached to an aromatic ring is 1. The smallest absolute Gasteiger partial charge is 0.178 e. The molecule has 21 heavy (non-hydrogen) atoms. The number of carbonyl (C=O) groups is 1. The highest BCUT2D eigenvalue weighted by atomic mass is 32.1. The molecule has 0 bridgehead atoms. The summed E-state index contributed by atoms with van der Waals surface area (Å²) in [5.74, 6) is 0.196. The number of hydrogen-bond acceptors (Lipinski definition) is 5. The van der Waals surface area contributed by atoms with E-state index < -0.39 is 0 Å². The summed E-state index contributed by atoms with van der Waals surface area (Å²) in [6.45, 7) is 0.604. The van der Waals surface area contributed by atoms with Crippen molar-refractivity contribution in [2.24, 2.45) is 5.92 Å². The molecule has 4 nitrogen and oxygen atoms in total. The number of nitrogens with two attached hydrogens (primary N) is 1. The molecule has 0 spiro atoms. The van der Waals surface area contributed by atoms with E-state index in [0.717, 1.165) is 18.4 Å². The van der Waals surface area contributed by atoms with Gasteiger partial charge in [-0.25, -0.2) is 0 Å². The van der Waals surface area contributed by atoms with Crippen molar-refractivity contribution in [2.75, 3.05) is 11.1 Å². The number of thiophene rings is 1. The quantitative estimate of drug-likeness (QED) is 0.829. The number of anilines is 2. The van der Waals surface area contributed by atoms with E-state index in [0.29, 0.717) is 27.7 Å². The second kappa shape index (κ2) is 5.58. The third-order valence-corrected chi connectivity index (χ3v) is 4.70. The summed E-state index contributed by atoms with van der Waals surface area (Å²) >= 11 is 1.30. The number of ketones is 1. The number of carbonyl (C=O) groups excluding carboxylic acids is 1. The van der Waals surface area contributed by atoms with Crippen LogP contribution in [0.15, 0.2) is 30.3 Å². The van der Waals surface area contributed by atoms with Crippen molar-refractivity contribution in [2.45, 2.75) is 19.4 Å². The van der Waals surface area contributed by atoms with Crippen molar-refractivity contribution >= 4 is 27.8 Å². The van der Waals surface area contributed by atoms with Crippen LogP contribution in [-0.2, 0) is 6.54 Å². The molecule has 1 saturated carbocycles. The zero-order valence-corrected chi connectivity index (χ0v) is 12.2. The van der Waals surface area contributed by atoms with Gasteiger partial charge in [-0.2, -0.15) is 5.26 Å². The molecular weight excluding hydrogens is 282 g/mol. The van der Waals surface area contributed by atoms with Crippen LogP contribution >= 0.6 is 11.3 Å². The van der Waals surface area contributed by atoms with Crippen LogP contribution in [0.2, 0.25) is 0 Å². The van der Waals surface area contributed by atoms with Crippen LogP contribution < -0.4 is 11.1 Å². The summed E-state index contributed by atoms with van der Waals surface area (Å²) in [5, 5.41) is 13.2. The van der Waals surface area contributed by atoms with Crippen molar-refractivity contribution in [1.82, 2.24) is 0 Å². The van der Waals surface area contributed by atoms with Gasteiger partial charge in [-0.15, -0.1) is 11.3 Å². The van der Waals surface area contributed by atoms with Crippen molar-refractivity contribution in [1.29, 1.82) is 5.26 Å². The van der Waals surface area contributed by atoms with E-state index in [1.54, 1.807) is 0 Å². The number of benzene rings is 1. The Morgan fingerprint density at radius 3 is 2.71 bits per heavy atom. The second-order valence-electron chi connectivity index (χ2n) is 5.14. The topological polar surface area (TPSA) is 78.9 Å². The lowest BCUT2D eigenvalue weighted by Crippen LogP contribution is -2.02. The number of Topliss-reactive ketones (excluding diaryl/α,β-unsaturated/α-hetero) is 1.